The Morgan fingerprint density at radius 1 is 0.913 bits per heavy atom. The van der Waals surface area contributed by atoms with Crippen LogP contribution < -0.4 is 5.73 Å². The van der Waals surface area contributed by atoms with Crippen LogP contribution in [0.25, 0.3) is 0 Å². The molecular formula is C19H30N2O2. The van der Waals surface area contributed by atoms with Crippen LogP contribution >= 0.6 is 0 Å². The van der Waals surface area contributed by atoms with Crippen LogP contribution in [-0.2, 0) is 0 Å². The first kappa shape index (κ1) is 19.2. The number of amides is 2. The Labute approximate surface area is 140 Å². The van der Waals surface area contributed by atoms with Crippen LogP contribution in [0.5, 0.6) is 0 Å². The third-order valence-corrected chi connectivity index (χ3v) is 3.96. The van der Waals surface area contributed by atoms with Crippen molar-refractivity contribution in [3.8, 4) is 0 Å². The largest absolute Gasteiger partial charge is 0.366 e. The molecule has 4 heteroatoms. The topological polar surface area (TPSA) is 63.4 Å². The van der Waals surface area contributed by atoms with Gasteiger partial charge in [0, 0.05) is 24.2 Å². The highest BCUT2D eigenvalue weighted by Gasteiger charge is 2.17. The quantitative estimate of drug-likeness (QED) is 0.665. The standard InChI is InChI=1S/C19H30N2O2/c1-4-6-8-10-21(11-9-7-5-2)19(23)17-13-15(3)12-16(14-17)18(20)22/h12-14H,4-11H2,1-3H3,(H2,20,22). The minimum atomic E-state index is -0.494. The van der Waals surface area contributed by atoms with Gasteiger partial charge in [0.15, 0.2) is 0 Å². The molecule has 128 valence electrons. The summed E-state index contributed by atoms with van der Waals surface area (Å²) in [4.78, 5) is 26.2. The lowest BCUT2D eigenvalue weighted by Gasteiger charge is -2.23. The maximum absolute atomic E-state index is 12.8. The Kier molecular flexibility index (Phi) is 8.38. The van der Waals surface area contributed by atoms with Gasteiger partial charge < -0.3 is 10.6 Å². The van der Waals surface area contributed by atoms with E-state index in [1.54, 1.807) is 12.1 Å². The van der Waals surface area contributed by atoms with E-state index in [-0.39, 0.29) is 5.91 Å². The van der Waals surface area contributed by atoms with Gasteiger partial charge in [-0.1, -0.05) is 39.5 Å². The number of rotatable bonds is 10. The van der Waals surface area contributed by atoms with Gasteiger partial charge in [0.2, 0.25) is 5.91 Å². The molecule has 0 atom stereocenters. The lowest BCUT2D eigenvalue weighted by Crippen LogP contribution is -2.33. The van der Waals surface area contributed by atoms with E-state index in [0.717, 1.165) is 57.2 Å². The van der Waals surface area contributed by atoms with E-state index >= 15 is 0 Å². The summed E-state index contributed by atoms with van der Waals surface area (Å²) in [5.74, 6) is -0.491. The second-order valence-corrected chi connectivity index (χ2v) is 6.16. The van der Waals surface area contributed by atoms with E-state index in [0.29, 0.717) is 11.1 Å². The highest BCUT2D eigenvalue weighted by atomic mass is 16.2. The van der Waals surface area contributed by atoms with E-state index in [9.17, 15) is 9.59 Å². The summed E-state index contributed by atoms with van der Waals surface area (Å²) in [6, 6.07) is 5.17. The Balaban J connectivity index is 2.90. The van der Waals surface area contributed by atoms with Gasteiger partial charge in [0.1, 0.15) is 0 Å². The van der Waals surface area contributed by atoms with Crippen molar-refractivity contribution in [2.75, 3.05) is 13.1 Å². The zero-order valence-corrected chi connectivity index (χ0v) is 14.7. The van der Waals surface area contributed by atoms with Crippen LogP contribution in [0.2, 0.25) is 0 Å². The molecule has 2 amide bonds. The van der Waals surface area contributed by atoms with Gasteiger partial charge in [-0.05, 0) is 43.5 Å². The molecule has 4 nitrogen and oxygen atoms in total. The molecule has 0 radical (unpaired) electrons. The van der Waals surface area contributed by atoms with Crippen LogP contribution in [0.4, 0.5) is 0 Å². The molecule has 0 bridgehead atoms. The molecule has 1 aromatic carbocycles. The number of nitrogens with zero attached hydrogens (tertiary/aromatic N) is 1. The molecule has 0 saturated heterocycles. The van der Waals surface area contributed by atoms with Gasteiger partial charge in [-0.25, -0.2) is 0 Å². The number of nitrogens with two attached hydrogens (primary N) is 1. The van der Waals surface area contributed by atoms with E-state index in [1.807, 2.05) is 17.9 Å². The van der Waals surface area contributed by atoms with Crippen LogP contribution in [0.15, 0.2) is 18.2 Å². The molecule has 0 fully saturated rings. The summed E-state index contributed by atoms with van der Waals surface area (Å²) in [5, 5.41) is 0. The lowest BCUT2D eigenvalue weighted by molar-refractivity contribution is 0.0749. The van der Waals surface area contributed by atoms with Crippen LogP contribution in [0.1, 0.15) is 78.7 Å². The van der Waals surface area contributed by atoms with Crippen LogP contribution in [-0.4, -0.2) is 29.8 Å². The van der Waals surface area contributed by atoms with Crippen molar-refractivity contribution in [1.29, 1.82) is 0 Å². The van der Waals surface area contributed by atoms with Gasteiger partial charge in [0.05, 0.1) is 0 Å². The van der Waals surface area contributed by atoms with Crippen molar-refractivity contribution < 1.29 is 9.59 Å². The molecule has 1 rings (SSSR count). The molecule has 0 saturated carbocycles. The van der Waals surface area contributed by atoms with Gasteiger partial charge in [-0.3, -0.25) is 9.59 Å². The smallest absolute Gasteiger partial charge is 0.253 e. The third kappa shape index (κ3) is 6.43. The Morgan fingerprint density at radius 3 is 1.91 bits per heavy atom. The Morgan fingerprint density at radius 2 is 1.43 bits per heavy atom. The van der Waals surface area contributed by atoms with Crippen molar-refractivity contribution in [2.24, 2.45) is 5.73 Å². The van der Waals surface area contributed by atoms with E-state index < -0.39 is 5.91 Å². The third-order valence-electron chi connectivity index (χ3n) is 3.96. The molecule has 23 heavy (non-hydrogen) atoms. The number of hydrogen-bond acceptors (Lipinski definition) is 2. The summed E-state index contributed by atoms with van der Waals surface area (Å²) in [5.41, 5.74) is 7.20. The molecule has 0 aliphatic rings. The highest BCUT2D eigenvalue weighted by Crippen LogP contribution is 2.14. The number of carbonyl (C=O) groups excluding carboxylic acids is 2. The monoisotopic (exact) mass is 318 g/mol. The summed E-state index contributed by atoms with van der Waals surface area (Å²) in [7, 11) is 0. The van der Waals surface area contributed by atoms with Crippen molar-refractivity contribution in [2.45, 2.75) is 59.3 Å². The van der Waals surface area contributed by atoms with Crippen molar-refractivity contribution in [3.05, 3.63) is 34.9 Å². The molecule has 0 heterocycles. The van der Waals surface area contributed by atoms with Crippen molar-refractivity contribution in [3.63, 3.8) is 0 Å². The van der Waals surface area contributed by atoms with Gasteiger partial charge in [0.25, 0.3) is 5.91 Å². The fourth-order valence-electron chi connectivity index (χ4n) is 2.65. The Hall–Kier alpha value is -1.84. The molecule has 0 aliphatic carbocycles. The van der Waals surface area contributed by atoms with E-state index in [4.69, 9.17) is 5.73 Å². The summed E-state index contributed by atoms with van der Waals surface area (Å²) >= 11 is 0. The molecule has 2 N–H and O–H groups in total. The van der Waals surface area contributed by atoms with Gasteiger partial charge in [-0.15, -0.1) is 0 Å². The SMILES string of the molecule is CCCCCN(CCCCC)C(=O)c1cc(C)cc(C(N)=O)c1. The number of carbonyl (C=O) groups is 2. The molecule has 0 spiro atoms. The Bertz CT molecular complexity index is 516. The molecule has 0 unspecified atom stereocenters. The number of benzene rings is 1. The fourth-order valence-corrected chi connectivity index (χ4v) is 2.65. The van der Waals surface area contributed by atoms with Crippen molar-refractivity contribution in [1.82, 2.24) is 4.90 Å². The number of aryl methyl sites for hydroxylation is 1. The predicted octanol–water partition coefficient (Wildman–Crippen LogP) is 3.92. The highest BCUT2D eigenvalue weighted by molar-refractivity contribution is 5.99. The molecular weight excluding hydrogens is 288 g/mol. The average Bonchev–Trinajstić information content (AvgIpc) is 2.52. The van der Waals surface area contributed by atoms with Crippen LogP contribution in [0.3, 0.4) is 0 Å². The van der Waals surface area contributed by atoms with Crippen LogP contribution in [0, 0.1) is 6.92 Å². The summed E-state index contributed by atoms with van der Waals surface area (Å²) in [6.45, 7) is 7.74. The first-order valence-corrected chi connectivity index (χ1v) is 8.70. The summed E-state index contributed by atoms with van der Waals surface area (Å²) in [6.07, 6.45) is 6.54. The zero-order valence-electron chi connectivity index (χ0n) is 14.7. The zero-order chi connectivity index (χ0) is 17.2. The van der Waals surface area contributed by atoms with Gasteiger partial charge >= 0.3 is 0 Å². The molecule has 0 aromatic heterocycles. The van der Waals surface area contributed by atoms with Gasteiger partial charge in [-0.2, -0.15) is 0 Å². The molecule has 1 aromatic rings. The number of primary amides is 1. The van der Waals surface area contributed by atoms with E-state index in [1.165, 1.54) is 0 Å². The summed E-state index contributed by atoms with van der Waals surface area (Å²) < 4.78 is 0. The first-order valence-electron chi connectivity index (χ1n) is 8.70. The lowest BCUT2D eigenvalue weighted by atomic mass is 10.0. The maximum atomic E-state index is 12.8. The predicted molar refractivity (Wildman–Crippen MR) is 94.7 cm³/mol. The first-order chi connectivity index (χ1) is 11.0. The minimum Gasteiger partial charge on any atom is -0.366 e. The second kappa shape index (κ2) is 10.0. The number of unbranched alkanes of at least 4 members (excludes halogenated alkanes) is 4. The van der Waals surface area contributed by atoms with E-state index in [2.05, 4.69) is 13.8 Å². The number of hydrogen-bond donors (Lipinski definition) is 1. The minimum absolute atomic E-state index is 0.00315. The molecule has 0 aliphatic heterocycles. The maximum Gasteiger partial charge on any atom is 0.253 e. The second-order valence-electron chi connectivity index (χ2n) is 6.16. The average molecular weight is 318 g/mol. The fraction of sp³-hybridized carbons (Fsp3) is 0.579. The normalized spacial score (nSPS) is 10.6. The van der Waals surface area contributed by atoms with Crippen molar-refractivity contribution >= 4 is 11.8 Å².